The minimum Gasteiger partial charge on any atom is -0.465 e. The molecular formula is C14H17N3O3. The van der Waals surface area contributed by atoms with Crippen LogP contribution in [0.15, 0.2) is 41.2 Å². The average molecular weight is 275 g/mol. The van der Waals surface area contributed by atoms with Crippen LogP contribution in [0.25, 0.3) is 0 Å². The third-order valence-electron chi connectivity index (χ3n) is 2.68. The quantitative estimate of drug-likeness (QED) is 0.715. The summed E-state index contributed by atoms with van der Waals surface area (Å²) in [4.78, 5) is 17.5. The zero-order chi connectivity index (χ0) is 14.2. The summed E-state index contributed by atoms with van der Waals surface area (Å²) >= 11 is 0. The van der Waals surface area contributed by atoms with Gasteiger partial charge in [0.2, 0.25) is 6.39 Å². The molecule has 6 nitrogen and oxygen atoms in total. The van der Waals surface area contributed by atoms with Crippen molar-refractivity contribution < 1.29 is 14.1 Å². The second kappa shape index (κ2) is 7.40. The van der Waals surface area contributed by atoms with Crippen molar-refractivity contribution in [3.63, 3.8) is 0 Å². The van der Waals surface area contributed by atoms with Gasteiger partial charge in [0.05, 0.1) is 19.7 Å². The van der Waals surface area contributed by atoms with Crippen molar-refractivity contribution in [1.82, 2.24) is 15.0 Å². The second-order valence-corrected chi connectivity index (χ2v) is 4.28. The Balaban J connectivity index is 2.01. The van der Waals surface area contributed by atoms with Crippen molar-refractivity contribution >= 4 is 5.97 Å². The summed E-state index contributed by atoms with van der Waals surface area (Å²) in [5.74, 6) is 0.289. The zero-order valence-corrected chi connectivity index (χ0v) is 11.4. The van der Waals surface area contributed by atoms with Crippen LogP contribution in [0.2, 0.25) is 0 Å². The van der Waals surface area contributed by atoms with E-state index in [1.165, 1.54) is 6.39 Å². The monoisotopic (exact) mass is 275 g/mol. The molecule has 0 radical (unpaired) electrons. The van der Waals surface area contributed by atoms with E-state index in [0.717, 1.165) is 5.56 Å². The van der Waals surface area contributed by atoms with E-state index in [0.29, 0.717) is 25.5 Å². The Hall–Kier alpha value is -2.21. The minimum absolute atomic E-state index is 0.192. The maximum absolute atomic E-state index is 11.6. The maximum atomic E-state index is 11.6. The fraction of sp³-hybridized carbons (Fsp3) is 0.357. The molecule has 0 amide bonds. The van der Waals surface area contributed by atoms with Crippen LogP contribution >= 0.6 is 0 Å². The Morgan fingerprint density at radius 1 is 1.30 bits per heavy atom. The highest BCUT2D eigenvalue weighted by molar-refractivity contribution is 5.71. The number of hydrogen-bond donors (Lipinski definition) is 0. The van der Waals surface area contributed by atoms with Crippen LogP contribution in [-0.2, 0) is 22.6 Å². The summed E-state index contributed by atoms with van der Waals surface area (Å²) in [6.45, 7) is 3.41. The first-order valence-electron chi connectivity index (χ1n) is 6.45. The predicted molar refractivity (Wildman–Crippen MR) is 71.5 cm³/mol. The second-order valence-electron chi connectivity index (χ2n) is 4.28. The van der Waals surface area contributed by atoms with Gasteiger partial charge in [-0.05, 0) is 12.5 Å². The van der Waals surface area contributed by atoms with E-state index in [4.69, 9.17) is 9.26 Å². The molecule has 0 aliphatic heterocycles. The molecule has 106 valence electrons. The number of benzene rings is 1. The molecule has 1 aromatic carbocycles. The third kappa shape index (κ3) is 4.47. The van der Waals surface area contributed by atoms with Crippen LogP contribution in [0.5, 0.6) is 0 Å². The molecular weight excluding hydrogens is 258 g/mol. The van der Waals surface area contributed by atoms with Gasteiger partial charge in [0.1, 0.15) is 0 Å². The van der Waals surface area contributed by atoms with Crippen LogP contribution in [0.3, 0.4) is 0 Å². The summed E-state index contributed by atoms with van der Waals surface area (Å²) < 4.78 is 9.70. The molecule has 1 heterocycles. The van der Waals surface area contributed by atoms with Gasteiger partial charge in [-0.1, -0.05) is 35.5 Å². The Morgan fingerprint density at radius 2 is 2.10 bits per heavy atom. The molecule has 0 saturated heterocycles. The first-order valence-corrected chi connectivity index (χ1v) is 6.45. The molecule has 0 spiro atoms. The van der Waals surface area contributed by atoms with Crippen molar-refractivity contribution in [2.24, 2.45) is 0 Å². The standard InChI is InChI=1S/C14H17N3O3/c1-2-19-14(18)10-17(9-13-15-11-20-16-13)8-12-6-4-3-5-7-12/h3-7,11H,2,8-10H2,1H3. The van der Waals surface area contributed by atoms with Gasteiger partial charge in [0.25, 0.3) is 0 Å². The SMILES string of the molecule is CCOC(=O)CN(Cc1ccccc1)Cc1ncon1. The Morgan fingerprint density at radius 3 is 2.75 bits per heavy atom. The average Bonchev–Trinajstić information content (AvgIpc) is 2.93. The third-order valence-corrected chi connectivity index (χ3v) is 2.68. The van der Waals surface area contributed by atoms with Gasteiger partial charge in [-0.3, -0.25) is 9.69 Å². The molecule has 20 heavy (non-hydrogen) atoms. The smallest absolute Gasteiger partial charge is 0.320 e. The highest BCUT2D eigenvalue weighted by Crippen LogP contribution is 2.07. The number of aromatic nitrogens is 2. The van der Waals surface area contributed by atoms with Crippen molar-refractivity contribution in [3.05, 3.63) is 48.1 Å². The van der Waals surface area contributed by atoms with Crippen molar-refractivity contribution in [2.75, 3.05) is 13.2 Å². The van der Waals surface area contributed by atoms with Gasteiger partial charge < -0.3 is 9.26 Å². The summed E-state index contributed by atoms with van der Waals surface area (Å²) in [6.07, 6.45) is 1.28. The lowest BCUT2D eigenvalue weighted by Gasteiger charge is -2.19. The van der Waals surface area contributed by atoms with E-state index in [-0.39, 0.29) is 12.5 Å². The first kappa shape index (κ1) is 14.2. The summed E-state index contributed by atoms with van der Waals surface area (Å²) in [7, 11) is 0. The van der Waals surface area contributed by atoms with Crippen LogP contribution in [0.4, 0.5) is 0 Å². The zero-order valence-electron chi connectivity index (χ0n) is 11.4. The largest absolute Gasteiger partial charge is 0.465 e. The summed E-state index contributed by atoms with van der Waals surface area (Å²) in [5, 5.41) is 3.77. The van der Waals surface area contributed by atoms with E-state index in [9.17, 15) is 4.79 Å². The van der Waals surface area contributed by atoms with E-state index >= 15 is 0 Å². The van der Waals surface area contributed by atoms with Crippen molar-refractivity contribution in [3.8, 4) is 0 Å². The molecule has 2 rings (SSSR count). The molecule has 0 saturated carbocycles. The molecule has 1 aromatic heterocycles. The molecule has 0 N–H and O–H groups in total. The molecule has 6 heteroatoms. The fourth-order valence-electron chi connectivity index (χ4n) is 1.86. The highest BCUT2D eigenvalue weighted by atomic mass is 16.5. The van der Waals surface area contributed by atoms with Gasteiger partial charge in [0.15, 0.2) is 5.82 Å². The van der Waals surface area contributed by atoms with Crippen LogP contribution in [0.1, 0.15) is 18.3 Å². The van der Waals surface area contributed by atoms with Crippen molar-refractivity contribution in [1.29, 1.82) is 0 Å². The number of ether oxygens (including phenoxy) is 1. The molecule has 0 unspecified atom stereocenters. The lowest BCUT2D eigenvalue weighted by atomic mass is 10.2. The van der Waals surface area contributed by atoms with E-state index in [1.54, 1.807) is 6.92 Å². The topological polar surface area (TPSA) is 68.5 Å². The van der Waals surface area contributed by atoms with Gasteiger partial charge in [-0.15, -0.1) is 0 Å². The molecule has 0 atom stereocenters. The van der Waals surface area contributed by atoms with Gasteiger partial charge in [-0.2, -0.15) is 4.98 Å². The lowest BCUT2D eigenvalue weighted by Crippen LogP contribution is -2.30. The van der Waals surface area contributed by atoms with Gasteiger partial charge in [-0.25, -0.2) is 0 Å². The molecule has 0 bridgehead atoms. The Labute approximate surface area is 117 Å². The number of esters is 1. The van der Waals surface area contributed by atoms with Crippen LogP contribution in [0, 0.1) is 0 Å². The predicted octanol–water partition coefficient (Wildman–Crippen LogP) is 1.63. The molecule has 0 fully saturated rings. The number of rotatable bonds is 7. The number of carbonyl (C=O) groups is 1. The minimum atomic E-state index is -0.257. The van der Waals surface area contributed by atoms with E-state index in [2.05, 4.69) is 10.1 Å². The Kier molecular flexibility index (Phi) is 5.25. The molecule has 0 aliphatic carbocycles. The highest BCUT2D eigenvalue weighted by Gasteiger charge is 2.14. The summed E-state index contributed by atoms with van der Waals surface area (Å²) in [6, 6.07) is 9.90. The number of carbonyl (C=O) groups excluding carboxylic acids is 1. The normalized spacial score (nSPS) is 10.7. The van der Waals surface area contributed by atoms with Crippen LogP contribution < -0.4 is 0 Å². The number of hydrogen-bond acceptors (Lipinski definition) is 6. The van der Waals surface area contributed by atoms with E-state index < -0.39 is 0 Å². The summed E-state index contributed by atoms with van der Waals surface area (Å²) in [5.41, 5.74) is 1.11. The van der Waals surface area contributed by atoms with Crippen molar-refractivity contribution in [2.45, 2.75) is 20.0 Å². The van der Waals surface area contributed by atoms with E-state index in [1.807, 2.05) is 35.2 Å². The van der Waals surface area contributed by atoms with Crippen LogP contribution in [-0.4, -0.2) is 34.2 Å². The molecule has 0 aliphatic rings. The fourth-order valence-corrected chi connectivity index (χ4v) is 1.86. The Bertz CT molecular complexity index is 514. The first-order chi connectivity index (χ1) is 9.78. The lowest BCUT2D eigenvalue weighted by molar-refractivity contribution is -0.144. The maximum Gasteiger partial charge on any atom is 0.320 e. The van der Waals surface area contributed by atoms with Gasteiger partial charge >= 0.3 is 5.97 Å². The van der Waals surface area contributed by atoms with Gasteiger partial charge in [0, 0.05) is 6.54 Å². The molecule has 2 aromatic rings. The number of nitrogens with zero attached hydrogens (tertiary/aromatic N) is 3.